The van der Waals surface area contributed by atoms with Crippen LogP contribution in [0, 0.1) is 0 Å². The molecular weight excluding hydrogens is 268 g/mol. The molecule has 0 saturated heterocycles. The van der Waals surface area contributed by atoms with Gasteiger partial charge in [-0.1, -0.05) is 13.0 Å². The molecule has 0 saturated carbocycles. The average molecular weight is 286 g/mol. The van der Waals surface area contributed by atoms with Crippen LogP contribution in [0.1, 0.15) is 30.7 Å². The zero-order valence-electron chi connectivity index (χ0n) is 10.6. The minimum Gasteiger partial charge on any atom is -0.480 e. The van der Waals surface area contributed by atoms with Crippen LogP contribution in [-0.4, -0.2) is 34.9 Å². The van der Waals surface area contributed by atoms with Crippen LogP contribution in [0.4, 0.5) is 4.79 Å². The predicted molar refractivity (Wildman–Crippen MR) is 72.1 cm³/mol. The Balaban J connectivity index is 2.55. The number of carbonyl (C=O) groups excluding carboxylic acids is 1. The van der Waals surface area contributed by atoms with Crippen molar-refractivity contribution in [1.29, 1.82) is 0 Å². The molecule has 7 heteroatoms. The number of aliphatic hydroxyl groups is 1. The van der Waals surface area contributed by atoms with Crippen molar-refractivity contribution in [2.24, 2.45) is 0 Å². The van der Waals surface area contributed by atoms with E-state index in [0.717, 1.165) is 4.88 Å². The van der Waals surface area contributed by atoms with Crippen LogP contribution in [0.15, 0.2) is 17.5 Å². The zero-order valence-corrected chi connectivity index (χ0v) is 11.4. The van der Waals surface area contributed by atoms with Crippen molar-refractivity contribution < 1.29 is 19.8 Å². The monoisotopic (exact) mass is 286 g/mol. The lowest BCUT2D eigenvalue weighted by atomic mass is 10.2. The lowest BCUT2D eigenvalue weighted by Gasteiger charge is -2.18. The first kappa shape index (κ1) is 15.5. The lowest BCUT2D eigenvalue weighted by Crippen LogP contribution is -2.47. The molecule has 0 aliphatic rings. The summed E-state index contributed by atoms with van der Waals surface area (Å²) in [4.78, 5) is 23.6. The summed E-state index contributed by atoms with van der Waals surface area (Å²) in [6.07, 6.45) is 0.699. The number of aliphatic carboxylic acids is 1. The molecule has 0 fully saturated rings. The number of carboxylic acids is 1. The third kappa shape index (κ3) is 4.88. The second kappa shape index (κ2) is 7.75. The van der Waals surface area contributed by atoms with Crippen LogP contribution in [-0.2, 0) is 4.79 Å². The van der Waals surface area contributed by atoms with Crippen molar-refractivity contribution in [2.45, 2.75) is 31.8 Å². The number of hydrogen-bond donors (Lipinski definition) is 4. The van der Waals surface area contributed by atoms with Gasteiger partial charge in [-0.25, -0.2) is 9.59 Å². The Morgan fingerprint density at radius 2 is 2.16 bits per heavy atom. The van der Waals surface area contributed by atoms with E-state index in [0.29, 0.717) is 6.42 Å². The van der Waals surface area contributed by atoms with Crippen LogP contribution in [0.25, 0.3) is 0 Å². The number of thiophene rings is 1. The van der Waals surface area contributed by atoms with Crippen LogP contribution in [0.5, 0.6) is 0 Å². The summed E-state index contributed by atoms with van der Waals surface area (Å²) >= 11 is 1.53. The predicted octanol–water partition coefficient (Wildman–Crippen LogP) is 1.33. The highest BCUT2D eigenvalue weighted by Gasteiger charge is 2.21. The molecule has 0 aliphatic carbocycles. The zero-order chi connectivity index (χ0) is 14.3. The van der Waals surface area contributed by atoms with Crippen molar-refractivity contribution in [1.82, 2.24) is 10.6 Å². The third-order valence-electron chi connectivity index (χ3n) is 2.62. The molecule has 0 aromatic carbocycles. The average Bonchev–Trinajstić information content (AvgIpc) is 2.89. The summed E-state index contributed by atoms with van der Waals surface area (Å²) in [5.74, 6) is -1.16. The maximum Gasteiger partial charge on any atom is 0.326 e. The molecule has 2 amide bonds. The molecule has 1 aromatic heterocycles. The van der Waals surface area contributed by atoms with Gasteiger partial charge < -0.3 is 20.8 Å². The maximum absolute atomic E-state index is 11.7. The van der Waals surface area contributed by atoms with Gasteiger partial charge in [-0.15, -0.1) is 11.3 Å². The first-order valence-corrected chi connectivity index (χ1v) is 6.90. The Kier molecular flexibility index (Phi) is 6.31. The molecule has 106 valence electrons. The highest BCUT2D eigenvalue weighted by molar-refractivity contribution is 7.10. The maximum atomic E-state index is 11.7. The van der Waals surface area contributed by atoms with Gasteiger partial charge in [-0.3, -0.25) is 0 Å². The number of amides is 2. The van der Waals surface area contributed by atoms with Crippen molar-refractivity contribution in [2.75, 3.05) is 6.61 Å². The summed E-state index contributed by atoms with van der Waals surface area (Å²) in [5, 5.41) is 24.6. The number of carboxylic acid groups (broad SMARTS) is 1. The molecule has 0 radical (unpaired) electrons. The molecule has 1 heterocycles. The van der Waals surface area contributed by atoms with Gasteiger partial charge in [0.2, 0.25) is 0 Å². The van der Waals surface area contributed by atoms with Crippen LogP contribution in [0.3, 0.4) is 0 Å². The SMILES string of the molecule is CCC(NC(=O)NC(CCO)C(=O)O)c1cccs1. The molecular formula is C12H18N2O4S. The number of aliphatic hydroxyl groups excluding tert-OH is 1. The Bertz CT molecular complexity index is 408. The summed E-state index contributed by atoms with van der Waals surface area (Å²) in [5.41, 5.74) is 0. The minimum absolute atomic E-state index is 0.0153. The Morgan fingerprint density at radius 3 is 2.63 bits per heavy atom. The fourth-order valence-electron chi connectivity index (χ4n) is 1.61. The third-order valence-corrected chi connectivity index (χ3v) is 3.61. The van der Waals surface area contributed by atoms with Crippen molar-refractivity contribution in [3.8, 4) is 0 Å². The highest BCUT2D eigenvalue weighted by Crippen LogP contribution is 2.21. The molecule has 2 atom stereocenters. The number of hydrogen-bond acceptors (Lipinski definition) is 4. The minimum atomic E-state index is -1.16. The quantitative estimate of drug-likeness (QED) is 0.608. The van der Waals surface area contributed by atoms with Gasteiger partial charge in [0, 0.05) is 17.9 Å². The Morgan fingerprint density at radius 1 is 1.42 bits per heavy atom. The van der Waals surface area contributed by atoms with Gasteiger partial charge in [0.1, 0.15) is 6.04 Å². The van der Waals surface area contributed by atoms with Gasteiger partial charge >= 0.3 is 12.0 Å². The molecule has 6 nitrogen and oxygen atoms in total. The van der Waals surface area contributed by atoms with Gasteiger partial charge in [-0.2, -0.15) is 0 Å². The van der Waals surface area contributed by atoms with E-state index in [1.165, 1.54) is 11.3 Å². The van der Waals surface area contributed by atoms with Crippen LogP contribution in [0.2, 0.25) is 0 Å². The largest absolute Gasteiger partial charge is 0.480 e. The smallest absolute Gasteiger partial charge is 0.326 e. The van der Waals surface area contributed by atoms with Crippen molar-refractivity contribution in [3.05, 3.63) is 22.4 Å². The van der Waals surface area contributed by atoms with Crippen LogP contribution >= 0.6 is 11.3 Å². The van der Waals surface area contributed by atoms with Crippen molar-refractivity contribution in [3.63, 3.8) is 0 Å². The van der Waals surface area contributed by atoms with E-state index in [9.17, 15) is 9.59 Å². The molecule has 0 aliphatic heterocycles. The fourth-order valence-corrected chi connectivity index (χ4v) is 2.47. The lowest BCUT2D eigenvalue weighted by molar-refractivity contribution is -0.139. The second-order valence-electron chi connectivity index (χ2n) is 4.00. The van der Waals surface area contributed by atoms with E-state index in [1.807, 2.05) is 24.4 Å². The number of nitrogens with one attached hydrogen (secondary N) is 2. The van der Waals surface area contributed by atoms with E-state index in [-0.39, 0.29) is 19.1 Å². The second-order valence-corrected chi connectivity index (χ2v) is 4.98. The molecule has 0 bridgehead atoms. The van der Waals surface area contributed by atoms with E-state index >= 15 is 0 Å². The summed E-state index contributed by atoms with van der Waals surface area (Å²) < 4.78 is 0. The molecule has 1 aromatic rings. The molecule has 1 rings (SSSR count). The fraction of sp³-hybridized carbons (Fsp3) is 0.500. The Hall–Kier alpha value is -1.60. The van der Waals surface area contributed by atoms with E-state index in [4.69, 9.17) is 10.2 Å². The van der Waals surface area contributed by atoms with E-state index < -0.39 is 18.0 Å². The summed E-state index contributed by atoms with van der Waals surface area (Å²) in [6, 6.07) is 2.06. The van der Waals surface area contributed by atoms with Gasteiger partial charge in [0.25, 0.3) is 0 Å². The summed E-state index contributed by atoms with van der Waals surface area (Å²) in [6.45, 7) is 1.65. The number of urea groups is 1. The van der Waals surface area contributed by atoms with Gasteiger partial charge in [0.15, 0.2) is 0 Å². The molecule has 19 heavy (non-hydrogen) atoms. The summed E-state index contributed by atoms with van der Waals surface area (Å²) in [7, 11) is 0. The number of rotatable bonds is 7. The topological polar surface area (TPSA) is 98.7 Å². The van der Waals surface area contributed by atoms with E-state index in [1.54, 1.807) is 0 Å². The first-order valence-electron chi connectivity index (χ1n) is 6.02. The standard InChI is InChI=1S/C12H18N2O4S/c1-2-8(10-4-3-7-19-10)13-12(18)14-9(5-6-15)11(16)17/h3-4,7-9,15H,2,5-6H2,1H3,(H,16,17)(H2,13,14,18). The molecule has 2 unspecified atom stereocenters. The first-order chi connectivity index (χ1) is 9.08. The molecule has 0 spiro atoms. The number of carbonyl (C=O) groups is 2. The van der Waals surface area contributed by atoms with Crippen LogP contribution < -0.4 is 10.6 Å². The van der Waals surface area contributed by atoms with Gasteiger partial charge in [0.05, 0.1) is 6.04 Å². The van der Waals surface area contributed by atoms with E-state index in [2.05, 4.69) is 10.6 Å². The van der Waals surface area contributed by atoms with Crippen molar-refractivity contribution >= 4 is 23.3 Å². The Labute approximate surface area is 115 Å². The highest BCUT2D eigenvalue weighted by atomic mass is 32.1. The molecule has 4 N–H and O–H groups in total. The van der Waals surface area contributed by atoms with Gasteiger partial charge in [-0.05, 0) is 17.9 Å². The normalized spacial score (nSPS) is 13.6.